The van der Waals surface area contributed by atoms with E-state index >= 15 is 0 Å². The molecule has 4 N–H and O–H groups in total. The van der Waals surface area contributed by atoms with Crippen LogP contribution in [0.15, 0.2) is 53.4 Å². The van der Waals surface area contributed by atoms with E-state index in [2.05, 4.69) is 5.32 Å². The summed E-state index contributed by atoms with van der Waals surface area (Å²) in [6, 6.07) is 12.3. The number of aliphatic hydroxyl groups excluding tert-OH is 1. The molecule has 3 rings (SSSR count). The largest absolute Gasteiger partial charge is 0.454 e. The molecular weight excluding hydrogens is 494 g/mol. The summed E-state index contributed by atoms with van der Waals surface area (Å²) in [5.41, 5.74) is 6.58. The minimum Gasteiger partial charge on any atom is -0.454 e. The number of carbonyl (C=O) groups is 1. The zero-order valence-corrected chi connectivity index (χ0v) is 23.0. The maximum Gasteiger partial charge on any atom is 0.243 e. The highest BCUT2D eigenvalue weighted by Crippen LogP contribution is 2.35. The monoisotopic (exact) mass is 533 g/mol. The second-order valence-electron chi connectivity index (χ2n) is 10.9. The Morgan fingerprint density at radius 1 is 1.08 bits per heavy atom. The van der Waals surface area contributed by atoms with Crippen LogP contribution in [0.3, 0.4) is 0 Å². The van der Waals surface area contributed by atoms with Crippen LogP contribution in [0.25, 0.3) is 0 Å². The van der Waals surface area contributed by atoms with E-state index < -0.39 is 39.5 Å². The van der Waals surface area contributed by atoms with Gasteiger partial charge in [-0.15, -0.1) is 0 Å². The number of nitrogens with zero attached hydrogens (tertiary/aromatic N) is 1. The molecule has 1 heterocycles. The van der Waals surface area contributed by atoms with Crippen LogP contribution in [0.2, 0.25) is 0 Å². The third-order valence-electron chi connectivity index (χ3n) is 6.25. The summed E-state index contributed by atoms with van der Waals surface area (Å²) < 4.78 is 39.2. The molecule has 0 aromatic heterocycles. The van der Waals surface area contributed by atoms with Crippen LogP contribution in [0.4, 0.5) is 0 Å². The predicted octanol–water partition coefficient (Wildman–Crippen LogP) is 2.52. The highest BCUT2D eigenvalue weighted by molar-refractivity contribution is 7.89. The van der Waals surface area contributed by atoms with Gasteiger partial charge in [0.1, 0.15) is 0 Å². The quantitative estimate of drug-likeness (QED) is 0.404. The molecule has 0 aliphatic carbocycles. The van der Waals surface area contributed by atoms with Crippen LogP contribution in [-0.2, 0) is 21.2 Å². The Kier molecular flexibility index (Phi) is 9.22. The van der Waals surface area contributed by atoms with Crippen molar-refractivity contribution < 1.29 is 27.8 Å². The standard InChI is InChI=1S/C27H39N3O6S/c1-18(2)15-30(37(33,34)20-11-12-23-24(14-20)36-17-35-23)16-22(31)21(13-19-9-7-6-8-10-19)29-26(32)25(28)27(3,4)5/h6-12,14,18,21-22,25,31H,13,15-17,28H2,1-5H3,(H,29,32). The molecule has 0 fully saturated rings. The van der Waals surface area contributed by atoms with Crippen LogP contribution in [-0.4, -0.2) is 61.8 Å². The summed E-state index contributed by atoms with van der Waals surface area (Å²) in [4.78, 5) is 13.0. The fourth-order valence-corrected chi connectivity index (χ4v) is 5.65. The average molecular weight is 534 g/mol. The highest BCUT2D eigenvalue weighted by Gasteiger charge is 2.34. The zero-order chi connectivity index (χ0) is 27.4. The van der Waals surface area contributed by atoms with Crippen LogP contribution in [0, 0.1) is 11.3 Å². The Labute approximate surface area is 220 Å². The van der Waals surface area contributed by atoms with Crippen molar-refractivity contribution in [1.82, 2.24) is 9.62 Å². The average Bonchev–Trinajstić information content (AvgIpc) is 3.30. The number of sulfonamides is 1. The van der Waals surface area contributed by atoms with Gasteiger partial charge in [0.2, 0.25) is 22.7 Å². The molecule has 10 heteroatoms. The Hall–Kier alpha value is -2.66. The summed E-state index contributed by atoms with van der Waals surface area (Å²) in [6.07, 6.45) is -0.886. The van der Waals surface area contributed by atoms with E-state index in [0.29, 0.717) is 17.9 Å². The van der Waals surface area contributed by atoms with Crippen molar-refractivity contribution in [2.75, 3.05) is 19.9 Å². The molecule has 2 aromatic carbocycles. The van der Waals surface area contributed by atoms with Crippen molar-refractivity contribution in [2.45, 2.75) is 64.1 Å². The summed E-state index contributed by atoms with van der Waals surface area (Å²) in [7, 11) is -3.99. The van der Waals surface area contributed by atoms with E-state index in [9.17, 15) is 18.3 Å². The number of nitrogens with one attached hydrogen (secondary N) is 1. The molecule has 0 radical (unpaired) electrons. The smallest absolute Gasteiger partial charge is 0.243 e. The lowest BCUT2D eigenvalue weighted by atomic mass is 9.86. The molecule has 0 saturated heterocycles. The first-order valence-corrected chi connectivity index (χ1v) is 13.9. The van der Waals surface area contributed by atoms with Gasteiger partial charge in [-0.2, -0.15) is 4.31 Å². The number of hydrogen-bond acceptors (Lipinski definition) is 7. The third-order valence-corrected chi connectivity index (χ3v) is 8.07. The number of benzene rings is 2. The van der Waals surface area contributed by atoms with Gasteiger partial charge >= 0.3 is 0 Å². The number of rotatable bonds is 11. The zero-order valence-electron chi connectivity index (χ0n) is 22.2. The SMILES string of the molecule is CC(C)CN(CC(O)C(Cc1ccccc1)NC(=O)C(N)C(C)(C)C)S(=O)(=O)c1ccc2c(c1)OCO2. The van der Waals surface area contributed by atoms with Gasteiger partial charge < -0.3 is 25.6 Å². The maximum atomic E-state index is 13.7. The molecule has 9 nitrogen and oxygen atoms in total. The first-order valence-electron chi connectivity index (χ1n) is 12.5. The van der Waals surface area contributed by atoms with Crippen LogP contribution in [0.1, 0.15) is 40.2 Å². The summed E-state index contributed by atoms with van der Waals surface area (Å²) >= 11 is 0. The number of aliphatic hydroxyl groups is 1. The maximum absolute atomic E-state index is 13.7. The minimum absolute atomic E-state index is 0.00698. The van der Waals surface area contributed by atoms with Crippen molar-refractivity contribution in [3.05, 3.63) is 54.1 Å². The van der Waals surface area contributed by atoms with Gasteiger partial charge in [0.05, 0.1) is 23.1 Å². The predicted molar refractivity (Wildman–Crippen MR) is 142 cm³/mol. The van der Waals surface area contributed by atoms with Gasteiger partial charge in [-0.1, -0.05) is 65.0 Å². The summed E-state index contributed by atoms with van der Waals surface area (Å²) in [6.45, 7) is 9.40. The van der Waals surface area contributed by atoms with Crippen molar-refractivity contribution in [3.63, 3.8) is 0 Å². The molecule has 204 valence electrons. The molecule has 0 saturated carbocycles. The molecule has 3 atom stereocenters. The number of nitrogens with two attached hydrogens (primary N) is 1. The van der Waals surface area contributed by atoms with Crippen LogP contribution >= 0.6 is 0 Å². The lowest BCUT2D eigenvalue weighted by molar-refractivity contribution is -0.126. The third kappa shape index (κ3) is 7.44. The van der Waals surface area contributed by atoms with E-state index in [1.54, 1.807) is 6.07 Å². The first kappa shape index (κ1) is 28.9. The lowest BCUT2D eigenvalue weighted by Crippen LogP contribution is -2.56. The summed E-state index contributed by atoms with van der Waals surface area (Å²) in [5, 5.41) is 14.2. The molecular formula is C27H39N3O6S. The summed E-state index contributed by atoms with van der Waals surface area (Å²) in [5.74, 6) is 0.431. The molecule has 0 bridgehead atoms. The Balaban J connectivity index is 1.88. The first-order chi connectivity index (χ1) is 17.3. The number of carbonyl (C=O) groups excluding carboxylic acids is 1. The van der Waals surface area contributed by atoms with Crippen molar-refractivity contribution in [1.29, 1.82) is 0 Å². The van der Waals surface area contributed by atoms with Gasteiger partial charge in [-0.25, -0.2) is 8.42 Å². The van der Waals surface area contributed by atoms with Crippen LogP contribution < -0.4 is 20.5 Å². The number of hydrogen-bond donors (Lipinski definition) is 3. The van der Waals surface area contributed by atoms with Gasteiger partial charge in [-0.3, -0.25) is 4.79 Å². The molecule has 3 unspecified atom stereocenters. The Morgan fingerprint density at radius 2 is 1.73 bits per heavy atom. The van der Waals surface area contributed by atoms with Gasteiger partial charge in [0, 0.05) is 19.2 Å². The lowest BCUT2D eigenvalue weighted by Gasteiger charge is -2.33. The van der Waals surface area contributed by atoms with E-state index in [1.807, 2.05) is 65.0 Å². The van der Waals surface area contributed by atoms with Crippen LogP contribution in [0.5, 0.6) is 11.5 Å². The molecule has 1 aliphatic rings. The molecule has 1 aliphatic heterocycles. The Morgan fingerprint density at radius 3 is 2.35 bits per heavy atom. The van der Waals surface area contributed by atoms with Gasteiger partial charge in [0.25, 0.3) is 0 Å². The second-order valence-corrected chi connectivity index (χ2v) is 12.9. The fraction of sp³-hybridized carbons (Fsp3) is 0.519. The van der Waals surface area contributed by atoms with Crippen molar-refractivity contribution in [2.24, 2.45) is 17.1 Å². The fourth-order valence-electron chi connectivity index (χ4n) is 4.02. The van der Waals surface area contributed by atoms with Crippen molar-refractivity contribution >= 4 is 15.9 Å². The van der Waals surface area contributed by atoms with Gasteiger partial charge in [-0.05, 0) is 35.4 Å². The van der Waals surface area contributed by atoms with E-state index in [4.69, 9.17) is 15.2 Å². The molecule has 37 heavy (non-hydrogen) atoms. The molecule has 2 aromatic rings. The topological polar surface area (TPSA) is 131 Å². The van der Waals surface area contributed by atoms with E-state index in [0.717, 1.165) is 5.56 Å². The van der Waals surface area contributed by atoms with Crippen molar-refractivity contribution in [3.8, 4) is 11.5 Å². The van der Waals surface area contributed by atoms with E-state index in [-0.39, 0.29) is 30.7 Å². The van der Waals surface area contributed by atoms with E-state index in [1.165, 1.54) is 16.4 Å². The number of fused-ring (bicyclic) bond motifs is 1. The molecule has 1 amide bonds. The van der Waals surface area contributed by atoms with Gasteiger partial charge in [0.15, 0.2) is 11.5 Å². The Bertz CT molecular complexity index is 1160. The number of ether oxygens (including phenoxy) is 2. The highest BCUT2D eigenvalue weighted by atomic mass is 32.2. The second kappa shape index (κ2) is 11.8. The number of amides is 1. The minimum atomic E-state index is -3.99. The normalized spacial score (nSPS) is 16.0. The molecule has 0 spiro atoms.